The highest BCUT2D eigenvalue weighted by molar-refractivity contribution is 5.81. The molecule has 3 heteroatoms. The molecule has 0 spiro atoms. The monoisotopic (exact) mass is 185 g/mol. The van der Waals surface area contributed by atoms with E-state index in [4.69, 9.17) is 10.5 Å². The summed E-state index contributed by atoms with van der Waals surface area (Å²) < 4.78 is 4.76. The molecule has 0 aromatic heterocycles. The molecule has 2 N–H and O–H groups in total. The van der Waals surface area contributed by atoms with Crippen molar-refractivity contribution in [2.45, 2.75) is 44.6 Å². The summed E-state index contributed by atoms with van der Waals surface area (Å²) >= 11 is 0. The van der Waals surface area contributed by atoms with Crippen LogP contribution in [0.4, 0.5) is 0 Å². The average Bonchev–Trinajstić information content (AvgIpc) is 2.17. The second kappa shape index (κ2) is 4.09. The first-order valence-electron chi connectivity index (χ1n) is 5.02. The quantitative estimate of drug-likeness (QED) is 0.662. The molecular formula is C10H19NO2. The molecule has 1 rings (SSSR count). The van der Waals surface area contributed by atoms with Crippen molar-refractivity contribution in [3.05, 3.63) is 0 Å². The summed E-state index contributed by atoms with van der Waals surface area (Å²) in [5.74, 6) is 0.0627. The lowest BCUT2D eigenvalue weighted by atomic mass is 9.72. The summed E-state index contributed by atoms with van der Waals surface area (Å²) in [6, 6.07) is 0. The zero-order chi connectivity index (χ0) is 9.90. The molecule has 0 saturated heterocycles. The van der Waals surface area contributed by atoms with Crippen molar-refractivity contribution in [1.29, 1.82) is 0 Å². The minimum absolute atomic E-state index is 0.237. The largest absolute Gasteiger partial charge is 0.468 e. The third-order valence-corrected chi connectivity index (χ3v) is 3.18. The zero-order valence-electron chi connectivity index (χ0n) is 8.51. The Morgan fingerprint density at radius 2 is 2.31 bits per heavy atom. The Balaban J connectivity index is 2.76. The fourth-order valence-electron chi connectivity index (χ4n) is 2.30. The lowest BCUT2D eigenvalue weighted by molar-refractivity contribution is -0.151. The van der Waals surface area contributed by atoms with Crippen LogP contribution in [0.5, 0.6) is 0 Å². The Hall–Kier alpha value is -0.570. The summed E-state index contributed by atoms with van der Waals surface area (Å²) in [5.41, 5.74) is 5.39. The maximum Gasteiger partial charge on any atom is 0.326 e. The van der Waals surface area contributed by atoms with Gasteiger partial charge in [-0.1, -0.05) is 26.2 Å². The van der Waals surface area contributed by atoms with Gasteiger partial charge in [-0.2, -0.15) is 0 Å². The van der Waals surface area contributed by atoms with Crippen LogP contribution in [0.25, 0.3) is 0 Å². The standard InChI is InChI=1S/C10H19NO2/c1-3-8-6-4-5-7-10(8,11)9(12)13-2/h8H,3-7,11H2,1-2H3. The zero-order valence-corrected chi connectivity index (χ0v) is 8.51. The van der Waals surface area contributed by atoms with E-state index in [9.17, 15) is 4.79 Å². The van der Waals surface area contributed by atoms with Gasteiger partial charge in [0.05, 0.1) is 7.11 Å². The number of carbonyl (C=O) groups excluding carboxylic acids is 1. The topological polar surface area (TPSA) is 52.3 Å². The van der Waals surface area contributed by atoms with Gasteiger partial charge in [0.15, 0.2) is 0 Å². The van der Waals surface area contributed by atoms with Crippen LogP contribution < -0.4 is 5.73 Å². The predicted molar refractivity (Wildman–Crippen MR) is 51.2 cm³/mol. The van der Waals surface area contributed by atoms with Gasteiger partial charge in [0, 0.05) is 0 Å². The normalized spacial score (nSPS) is 34.2. The molecule has 0 bridgehead atoms. The van der Waals surface area contributed by atoms with Crippen molar-refractivity contribution >= 4 is 5.97 Å². The number of hydrogen-bond donors (Lipinski definition) is 1. The van der Waals surface area contributed by atoms with Crippen molar-refractivity contribution in [2.24, 2.45) is 11.7 Å². The van der Waals surface area contributed by atoms with Gasteiger partial charge in [-0.15, -0.1) is 0 Å². The molecule has 2 atom stereocenters. The Morgan fingerprint density at radius 3 is 2.85 bits per heavy atom. The molecule has 1 saturated carbocycles. The average molecular weight is 185 g/mol. The molecule has 0 aromatic rings. The summed E-state index contributed by atoms with van der Waals surface area (Å²) in [6.07, 6.45) is 5.03. The molecule has 1 aliphatic carbocycles. The van der Waals surface area contributed by atoms with E-state index in [-0.39, 0.29) is 5.97 Å². The molecular weight excluding hydrogens is 166 g/mol. The number of hydrogen-bond acceptors (Lipinski definition) is 3. The Bertz CT molecular complexity index is 193. The smallest absolute Gasteiger partial charge is 0.326 e. The molecule has 0 amide bonds. The number of methoxy groups -OCH3 is 1. The molecule has 3 nitrogen and oxygen atoms in total. The maximum atomic E-state index is 11.5. The molecule has 1 fully saturated rings. The molecule has 0 aromatic carbocycles. The van der Waals surface area contributed by atoms with Gasteiger partial charge < -0.3 is 10.5 Å². The van der Waals surface area contributed by atoms with Crippen LogP contribution in [0.1, 0.15) is 39.0 Å². The number of esters is 1. The fraction of sp³-hybridized carbons (Fsp3) is 0.900. The van der Waals surface area contributed by atoms with Gasteiger partial charge in [-0.25, -0.2) is 0 Å². The van der Waals surface area contributed by atoms with Crippen LogP contribution in [0.15, 0.2) is 0 Å². The molecule has 76 valence electrons. The first-order chi connectivity index (χ1) is 6.15. The van der Waals surface area contributed by atoms with E-state index in [1.807, 2.05) is 0 Å². The lowest BCUT2D eigenvalue weighted by Crippen LogP contribution is -2.56. The van der Waals surface area contributed by atoms with Crippen molar-refractivity contribution < 1.29 is 9.53 Å². The predicted octanol–water partition coefficient (Wildman–Crippen LogP) is 1.46. The fourth-order valence-corrected chi connectivity index (χ4v) is 2.30. The van der Waals surface area contributed by atoms with E-state index in [1.54, 1.807) is 0 Å². The minimum atomic E-state index is -0.707. The van der Waals surface area contributed by atoms with E-state index in [1.165, 1.54) is 13.5 Å². The molecule has 1 aliphatic rings. The summed E-state index contributed by atoms with van der Waals surface area (Å²) in [4.78, 5) is 11.5. The molecule has 0 heterocycles. The van der Waals surface area contributed by atoms with Crippen LogP contribution >= 0.6 is 0 Å². The van der Waals surface area contributed by atoms with E-state index < -0.39 is 5.54 Å². The van der Waals surface area contributed by atoms with Crippen LogP contribution in [0.2, 0.25) is 0 Å². The number of nitrogens with two attached hydrogens (primary N) is 1. The summed E-state index contributed by atoms with van der Waals surface area (Å²) in [5, 5.41) is 0. The molecule has 2 unspecified atom stereocenters. The van der Waals surface area contributed by atoms with Crippen molar-refractivity contribution in [3.63, 3.8) is 0 Å². The highest BCUT2D eigenvalue weighted by Gasteiger charge is 2.43. The van der Waals surface area contributed by atoms with Crippen molar-refractivity contribution in [3.8, 4) is 0 Å². The van der Waals surface area contributed by atoms with Crippen LogP contribution in [0, 0.1) is 5.92 Å². The van der Waals surface area contributed by atoms with E-state index in [2.05, 4.69) is 6.92 Å². The van der Waals surface area contributed by atoms with E-state index in [0.29, 0.717) is 5.92 Å². The summed E-state index contributed by atoms with van der Waals surface area (Å²) in [7, 11) is 1.41. The first-order valence-corrected chi connectivity index (χ1v) is 5.02. The Labute approximate surface area is 79.6 Å². The second-order valence-electron chi connectivity index (χ2n) is 3.88. The maximum absolute atomic E-state index is 11.5. The van der Waals surface area contributed by atoms with Crippen molar-refractivity contribution in [1.82, 2.24) is 0 Å². The Kier molecular flexibility index (Phi) is 3.31. The SMILES string of the molecule is CCC1CCCCC1(N)C(=O)OC. The van der Waals surface area contributed by atoms with Gasteiger partial charge >= 0.3 is 5.97 Å². The van der Waals surface area contributed by atoms with E-state index in [0.717, 1.165) is 25.7 Å². The number of rotatable bonds is 2. The van der Waals surface area contributed by atoms with Crippen molar-refractivity contribution in [2.75, 3.05) is 7.11 Å². The third-order valence-electron chi connectivity index (χ3n) is 3.18. The van der Waals surface area contributed by atoms with Gasteiger partial charge in [0.25, 0.3) is 0 Å². The van der Waals surface area contributed by atoms with Crippen LogP contribution in [0.3, 0.4) is 0 Å². The molecule has 13 heavy (non-hydrogen) atoms. The van der Waals surface area contributed by atoms with Gasteiger partial charge in [0.1, 0.15) is 5.54 Å². The highest BCUT2D eigenvalue weighted by Crippen LogP contribution is 2.34. The lowest BCUT2D eigenvalue weighted by Gasteiger charge is -2.38. The number of ether oxygens (including phenoxy) is 1. The van der Waals surface area contributed by atoms with Gasteiger partial charge in [-0.05, 0) is 18.8 Å². The number of carbonyl (C=O) groups is 1. The van der Waals surface area contributed by atoms with Gasteiger partial charge in [-0.3, -0.25) is 4.79 Å². The molecule has 0 aliphatic heterocycles. The third kappa shape index (κ3) is 1.85. The Morgan fingerprint density at radius 1 is 1.62 bits per heavy atom. The first kappa shape index (κ1) is 10.5. The van der Waals surface area contributed by atoms with Crippen LogP contribution in [-0.2, 0) is 9.53 Å². The molecule has 0 radical (unpaired) electrons. The minimum Gasteiger partial charge on any atom is -0.468 e. The second-order valence-corrected chi connectivity index (χ2v) is 3.88. The van der Waals surface area contributed by atoms with Gasteiger partial charge in [0.2, 0.25) is 0 Å². The van der Waals surface area contributed by atoms with Crippen LogP contribution in [-0.4, -0.2) is 18.6 Å². The van der Waals surface area contributed by atoms with E-state index >= 15 is 0 Å². The summed E-state index contributed by atoms with van der Waals surface area (Å²) in [6.45, 7) is 2.08. The highest BCUT2D eigenvalue weighted by atomic mass is 16.5.